The van der Waals surface area contributed by atoms with Gasteiger partial charge in [-0.05, 0) is 31.2 Å². The molecule has 0 spiro atoms. The molecule has 0 bridgehead atoms. The lowest BCUT2D eigenvalue weighted by Crippen LogP contribution is -2.20. The second kappa shape index (κ2) is 6.39. The third-order valence-corrected chi connectivity index (χ3v) is 3.53. The molecule has 0 fully saturated rings. The molecule has 1 atom stereocenters. The molecule has 0 aliphatic heterocycles. The Balaban J connectivity index is 1.91. The van der Waals surface area contributed by atoms with Crippen molar-refractivity contribution in [2.24, 2.45) is 5.92 Å². The summed E-state index contributed by atoms with van der Waals surface area (Å²) in [5, 5.41) is 0. The highest BCUT2D eigenvalue weighted by atomic mass is 19.4. The number of Topliss-reactive ketones (excluding diaryl/α,β-unsaturated/α-hetero) is 1. The summed E-state index contributed by atoms with van der Waals surface area (Å²) in [4.78, 5) is 12.4. The molecule has 1 unspecified atom stereocenters. The average Bonchev–Trinajstić information content (AvgIpc) is 2.54. The largest absolute Gasteiger partial charge is 0.411 e. The zero-order valence-corrected chi connectivity index (χ0v) is 11.1. The van der Waals surface area contributed by atoms with Crippen LogP contribution in [0, 0.1) is 5.92 Å². The Labute approximate surface area is 115 Å². The molecule has 2 nitrogen and oxygen atoms in total. The molecule has 0 aromatic heterocycles. The Hall–Kier alpha value is -1.36. The quantitative estimate of drug-likeness (QED) is 0.622. The van der Waals surface area contributed by atoms with Gasteiger partial charge in [-0.25, -0.2) is 0 Å². The molecule has 0 saturated heterocycles. The summed E-state index contributed by atoms with van der Waals surface area (Å²) in [7, 11) is 0. The molecule has 0 amide bonds. The third kappa shape index (κ3) is 4.07. The number of carbonyl (C=O) groups is 1. The summed E-state index contributed by atoms with van der Waals surface area (Å²) in [5.74, 6) is -0.194. The Morgan fingerprint density at radius 1 is 1.25 bits per heavy atom. The van der Waals surface area contributed by atoms with Crippen molar-refractivity contribution in [2.45, 2.75) is 31.9 Å². The first-order chi connectivity index (χ1) is 9.47. The van der Waals surface area contributed by atoms with Gasteiger partial charge in [-0.2, -0.15) is 13.2 Å². The summed E-state index contributed by atoms with van der Waals surface area (Å²) in [6, 6.07) is 7.46. The molecule has 20 heavy (non-hydrogen) atoms. The number of halogens is 3. The summed E-state index contributed by atoms with van der Waals surface area (Å²) < 4.78 is 40.5. The van der Waals surface area contributed by atoms with Gasteiger partial charge in [0.05, 0.1) is 0 Å². The number of ketones is 1. The lowest BCUT2D eigenvalue weighted by atomic mass is 9.93. The van der Waals surface area contributed by atoms with Crippen molar-refractivity contribution in [1.29, 1.82) is 0 Å². The van der Waals surface area contributed by atoms with E-state index in [0.717, 1.165) is 18.4 Å². The van der Waals surface area contributed by atoms with Crippen molar-refractivity contribution in [2.75, 3.05) is 13.2 Å². The lowest BCUT2D eigenvalue weighted by Gasteiger charge is -2.14. The van der Waals surface area contributed by atoms with Crippen molar-refractivity contribution in [3.05, 3.63) is 35.4 Å². The summed E-state index contributed by atoms with van der Waals surface area (Å²) in [6.07, 6.45) is -1.51. The Bertz CT molecular complexity index is 468. The zero-order chi connectivity index (χ0) is 14.6. The molecular formula is C15H17F3O2. The lowest BCUT2D eigenvalue weighted by molar-refractivity contribution is -0.174. The number of ether oxygens (including phenoxy) is 1. The highest BCUT2D eigenvalue weighted by Gasteiger charge is 2.28. The molecule has 2 rings (SSSR count). The van der Waals surface area contributed by atoms with Crippen molar-refractivity contribution < 1.29 is 22.7 Å². The van der Waals surface area contributed by atoms with E-state index in [1.807, 2.05) is 18.2 Å². The summed E-state index contributed by atoms with van der Waals surface area (Å²) >= 11 is 0. The second-order valence-electron chi connectivity index (χ2n) is 5.07. The maximum Gasteiger partial charge on any atom is 0.411 e. The molecule has 110 valence electrons. The normalized spacial score (nSPS) is 19.6. The van der Waals surface area contributed by atoms with E-state index < -0.39 is 12.8 Å². The minimum atomic E-state index is -4.31. The first-order valence-corrected chi connectivity index (χ1v) is 6.74. The molecule has 0 saturated carbocycles. The van der Waals surface area contributed by atoms with Crippen molar-refractivity contribution in [3.8, 4) is 0 Å². The van der Waals surface area contributed by atoms with Gasteiger partial charge in [0.1, 0.15) is 6.61 Å². The number of aryl methyl sites for hydroxylation is 1. The van der Waals surface area contributed by atoms with E-state index in [4.69, 9.17) is 0 Å². The average molecular weight is 286 g/mol. The van der Waals surface area contributed by atoms with Crippen LogP contribution in [0.1, 0.15) is 35.2 Å². The molecule has 1 aromatic rings. The maximum absolute atomic E-state index is 12.4. The van der Waals surface area contributed by atoms with Gasteiger partial charge in [0.25, 0.3) is 0 Å². The van der Waals surface area contributed by atoms with E-state index in [1.54, 1.807) is 6.07 Å². The van der Waals surface area contributed by atoms with Crippen molar-refractivity contribution in [3.63, 3.8) is 0 Å². The van der Waals surface area contributed by atoms with E-state index in [1.165, 1.54) is 0 Å². The molecule has 1 aromatic carbocycles. The van der Waals surface area contributed by atoms with E-state index in [9.17, 15) is 18.0 Å². The molecule has 0 radical (unpaired) electrons. The molecule has 1 aliphatic carbocycles. The van der Waals surface area contributed by atoms with Crippen LogP contribution >= 0.6 is 0 Å². The smallest absolute Gasteiger partial charge is 0.372 e. The molecule has 0 heterocycles. The van der Waals surface area contributed by atoms with Gasteiger partial charge < -0.3 is 4.74 Å². The monoisotopic (exact) mass is 286 g/mol. The fourth-order valence-corrected chi connectivity index (χ4v) is 2.56. The Morgan fingerprint density at radius 3 is 2.75 bits per heavy atom. The van der Waals surface area contributed by atoms with Crippen LogP contribution in [0.15, 0.2) is 24.3 Å². The van der Waals surface area contributed by atoms with Crippen LogP contribution in [-0.4, -0.2) is 25.2 Å². The van der Waals surface area contributed by atoms with Crippen molar-refractivity contribution in [1.82, 2.24) is 0 Å². The van der Waals surface area contributed by atoms with Crippen LogP contribution in [-0.2, 0) is 11.2 Å². The van der Waals surface area contributed by atoms with Gasteiger partial charge in [0.15, 0.2) is 5.78 Å². The van der Waals surface area contributed by atoms with Crippen LogP contribution in [0.25, 0.3) is 0 Å². The fourth-order valence-electron chi connectivity index (χ4n) is 2.56. The molecule has 1 aliphatic rings. The Morgan fingerprint density at radius 2 is 2.00 bits per heavy atom. The second-order valence-corrected chi connectivity index (χ2v) is 5.07. The number of hydrogen-bond donors (Lipinski definition) is 0. The van der Waals surface area contributed by atoms with Crippen LogP contribution in [0.2, 0.25) is 0 Å². The highest BCUT2D eigenvalue weighted by molar-refractivity contribution is 5.99. The Kier molecular flexibility index (Phi) is 4.81. The van der Waals surface area contributed by atoms with E-state index >= 15 is 0 Å². The third-order valence-electron chi connectivity index (χ3n) is 3.53. The minimum Gasteiger partial charge on any atom is -0.372 e. The van der Waals surface area contributed by atoms with Crippen LogP contribution in [0.5, 0.6) is 0 Å². The van der Waals surface area contributed by atoms with Crippen LogP contribution < -0.4 is 0 Å². The maximum atomic E-state index is 12.4. The zero-order valence-electron chi connectivity index (χ0n) is 11.1. The number of alkyl halides is 3. The highest BCUT2D eigenvalue weighted by Crippen LogP contribution is 2.26. The number of carbonyl (C=O) groups excluding carboxylic acids is 1. The SMILES string of the molecule is O=C1c2ccccc2CCCC1CCOCC(F)(F)F. The predicted octanol–water partition coefficient (Wildman–Crippen LogP) is 3.79. The van der Waals surface area contributed by atoms with Gasteiger partial charge in [-0.3, -0.25) is 4.79 Å². The molecule has 5 heteroatoms. The number of fused-ring (bicyclic) bond motifs is 1. The van der Waals surface area contributed by atoms with Gasteiger partial charge in [-0.15, -0.1) is 0 Å². The first kappa shape index (κ1) is 15.0. The van der Waals surface area contributed by atoms with E-state index in [-0.39, 0.29) is 18.3 Å². The van der Waals surface area contributed by atoms with Gasteiger partial charge in [0, 0.05) is 18.1 Å². The fraction of sp³-hybridized carbons (Fsp3) is 0.533. The van der Waals surface area contributed by atoms with Gasteiger partial charge >= 0.3 is 6.18 Å². The van der Waals surface area contributed by atoms with Gasteiger partial charge in [0.2, 0.25) is 0 Å². The molecular weight excluding hydrogens is 269 g/mol. The van der Waals surface area contributed by atoms with Gasteiger partial charge in [-0.1, -0.05) is 24.3 Å². The minimum absolute atomic E-state index is 0.0297. The van der Waals surface area contributed by atoms with Crippen molar-refractivity contribution >= 4 is 5.78 Å². The summed E-state index contributed by atoms with van der Waals surface area (Å²) in [5.41, 5.74) is 1.75. The van der Waals surface area contributed by atoms with E-state index in [0.29, 0.717) is 18.4 Å². The number of hydrogen-bond acceptors (Lipinski definition) is 2. The number of benzene rings is 1. The summed E-state index contributed by atoms with van der Waals surface area (Å²) in [6.45, 7) is -1.28. The first-order valence-electron chi connectivity index (χ1n) is 6.74. The standard InChI is InChI=1S/C15H17F3O2/c16-15(17,18)10-20-9-8-12-6-3-5-11-4-1-2-7-13(11)14(12)19/h1-2,4,7,12H,3,5-6,8-10H2. The number of rotatable bonds is 4. The van der Waals surface area contributed by atoms with Crippen LogP contribution in [0.4, 0.5) is 13.2 Å². The van der Waals surface area contributed by atoms with E-state index in [2.05, 4.69) is 4.74 Å². The topological polar surface area (TPSA) is 26.3 Å². The van der Waals surface area contributed by atoms with Crippen LogP contribution in [0.3, 0.4) is 0 Å². The molecule has 0 N–H and O–H groups in total. The predicted molar refractivity (Wildman–Crippen MR) is 68.7 cm³/mol.